The van der Waals surface area contributed by atoms with Crippen molar-refractivity contribution in [2.24, 2.45) is 5.73 Å². The van der Waals surface area contributed by atoms with E-state index in [2.05, 4.69) is 25.9 Å². The van der Waals surface area contributed by atoms with E-state index >= 15 is 0 Å². The highest BCUT2D eigenvalue weighted by Crippen LogP contribution is 2.12. The lowest BCUT2D eigenvalue weighted by molar-refractivity contribution is 0.0993. The number of amides is 1. The SMILES string of the molecule is CSc1nc(C(N)=O)c(Br)c(=O)[nH]1. The van der Waals surface area contributed by atoms with Crippen LogP contribution in [-0.2, 0) is 0 Å². The number of thioether (sulfide) groups is 1. The van der Waals surface area contributed by atoms with Crippen molar-refractivity contribution >= 4 is 33.6 Å². The second kappa shape index (κ2) is 3.93. The average Bonchev–Trinajstić information content (AvgIpc) is 2.09. The van der Waals surface area contributed by atoms with E-state index in [0.29, 0.717) is 5.16 Å². The molecule has 0 saturated carbocycles. The molecule has 5 nitrogen and oxygen atoms in total. The molecular weight excluding hydrogens is 258 g/mol. The van der Waals surface area contributed by atoms with Crippen LogP contribution in [0.3, 0.4) is 0 Å². The summed E-state index contributed by atoms with van der Waals surface area (Å²) in [6.45, 7) is 0. The first-order valence-corrected chi connectivity index (χ1v) is 5.21. The fraction of sp³-hybridized carbons (Fsp3) is 0.167. The molecule has 1 amide bonds. The van der Waals surface area contributed by atoms with Gasteiger partial charge in [0.1, 0.15) is 4.47 Å². The van der Waals surface area contributed by atoms with Crippen LogP contribution in [0.2, 0.25) is 0 Å². The molecule has 1 aromatic rings. The van der Waals surface area contributed by atoms with Crippen LogP contribution in [0.25, 0.3) is 0 Å². The van der Waals surface area contributed by atoms with Gasteiger partial charge >= 0.3 is 0 Å². The third-order valence-electron chi connectivity index (χ3n) is 1.27. The van der Waals surface area contributed by atoms with Crippen LogP contribution >= 0.6 is 27.7 Å². The molecule has 0 atom stereocenters. The van der Waals surface area contributed by atoms with Gasteiger partial charge in [0.15, 0.2) is 10.9 Å². The highest BCUT2D eigenvalue weighted by Gasteiger charge is 2.12. The summed E-state index contributed by atoms with van der Waals surface area (Å²) < 4.78 is 0.0674. The van der Waals surface area contributed by atoms with Gasteiger partial charge in [-0.05, 0) is 22.2 Å². The number of carbonyl (C=O) groups excluding carboxylic acids is 1. The molecule has 0 aliphatic heterocycles. The van der Waals surface area contributed by atoms with Crippen LogP contribution in [0.4, 0.5) is 0 Å². The van der Waals surface area contributed by atoms with Gasteiger partial charge in [0.25, 0.3) is 11.5 Å². The number of nitrogens with one attached hydrogen (secondary N) is 1. The van der Waals surface area contributed by atoms with E-state index in [4.69, 9.17) is 5.73 Å². The Morgan fingerprint density at radius 3 is 2.77 bits per heavy atom. The molecular formula is C6H6BrN3O2S. The van der Waals surface area contributed by atoms with Crippen molar-refractivity contribution in [1.82, 2.24) is 9.97 Å². The summed E-state index contributed by atoms with van der Waals surface area (Å²) in [5.41, 5.74) is 4.56. The summed E-state index contributed by atoms with van der Waals surface area (Å²) in [6, 6.07) is 0. The van der Waals surface area contributed by atoms with Gasteiger partial charge in [-0.2, -0.15) is 0 Å². The molecule has 7 heteroatoms. The van der Waals surface area contributed by atoms with E-state index in [9.17, 15) is 9.59 Å². The molecule has 0 bridgehead atoms. The predicted octanol–water partition coefficient (Wildman–Crippen LogP) is 0.353. The second-order valence-electron chi connectivity index (χ2n) is 2.10. The molecule has 0 fully saturated rings. The summed E-state index contributed by atoms with van der Waals surface area (Å²) in [4.78, 5) is 28.3. The second-order valence-corrected chi connectivity index (χ2v) is 3.69. The number of nitrogens with two attached hydrogens (primary N) is 1. The Morgan fingerprint density at radius 1 is 1.69 bits per heavy atom. The maximum atomic E-state index is 11.2. The van der Waals surface area contributed by atoms with Gasteiger partial charge in [-0.25, -0.2) is 4.98 Å². The minimum absolute atomic E-state index is 0.0481. The van der Waals surface area contributed by atoms with Crippen LogP contribution in [0, 0.1) is 0 Å². The Labute approximate surface area is 86.3 Å². The Balaban J connectivity index is 3.42. The lowest BCUT2D eigenvalue weighted by Crippen LogP contribution is -2.21. The van der Waals surface area contributed by atoms with Crippen LogP contribution in [-0.4, -0.2) is 22.1 Å². The lowest BCUT2D eigenvalue weighted by atomic mass is 10.4. The van der Waals surface area contributed by atoms with Crippen LogP contribution in [0.15, 0.2) is 14.4 Å². The summed E-state index contributed by atoms with van der Waals surface area (Å²) in [5, 5.41) is 0.363. The third-order valence-corrected chi connectivity index (χ3v) is 2.58. The fourth-order valence-electron chi connectivity index (χ4n) is 0.698. The Kier molecular flexibility index (Phi) is 3.10. The van der Waals surface area contributed by atoms with E-state index in [-0.39, 0.29) is 10.2 Å². The highest BCUT2D eigenvalue weighted by molar-refractivity contribution is 9.10. The van der Waals surface area contributed by atoms with Crippen LogP contribution < -0.4 is 11.3 Å². The number of hydrogen-bond acceptors (Lipinski definition) is 4. The summed E-state index contributed by atoms with van der Waals surface area (Å²) in [5.74, 6) is -0.728. The maximum absolute atomic E-state index is 11.2. The molecule has 13 heavy (non-hydrogen) atoms. The van der Waals surface area contributed by atoms with E-state index in [0.717, 1.165) is 0 Å². The van der Waals surface area contributed by atoms with Gasteiger partial charge < -0.3 is 10.7 Å². The number of aromatic nitrogens is 2. The smallest absolute Gasteiger partial charge is 0.268 e. The van der Waals surface area contributed by atoms with E-state index in [1.807, 2.05) is 0 Å². The van der Waals surface area contributed by atoms with Crippen molar-refractivity contribution in [3.63, 3.8) is 0 Å². The zero-order valence-electron chi connectivity index (χ0n) is 6.63. The Morgan fingerprint density at radius 2 is 2.31 bits per heavy atom. The predicted molar refractivity (Wildman–Crippen MR) is 52.9 cm³/mol. The molecule has 1 heterocycles. The first kappa shape index (κ1) is 10.3. The normalized spacial score (nSPS) is 10.0. The lowest BCUT2D eigenvalue weighted by Gasteiger charge is -2.00. The molecule has 0 aromatic carbocycles. The summed E-state index contributed by atoms with van der Waals surface area (Å²) in [7, 11) is 0. The van der Waals surface area contributed by atoms with Crippen molar-refractivity contribution in [2.75, 3.05) is 6.26 Å². The van der Waals surface area contributed by atoms with Crippen molar-refractivity contribution in [2.45, 2.75) is 5.16 Å². The molecule has 0 saturated heterocycles. The Hall–Kier alpha value is -0.820. The molecule has 0 radical (unpaired) electrons. The molecule has 0 aliphatic carbocycles. The van der Waals surface area contributed by atoms with Crippen LogP contribution in [0.5, 0.6) is 0 Å². The number of nitrogens with zero attached hydrogens (tertiary/aromatic N) is 1. The number of halogens is 1. The van der Waals surface area contributed by atoms with Gasteiger partial charge in [0.2, 0.25) is 0 Å². The first-order valence-electron chi connectivity index (χ1n) is 3.20. The van der Waals surface area contributed by atoms with Gasteiger partial charge in [-0.1, -0.05) is 11.8 Å². The highest BCUT2D eigenvalue weighted by atomic mass is 79.9. The number of primary amides is 1. The minimum Gasteiger partial charge on any atom is -0.364 e. The van der Waals surface area contributed by atoms with E-state index in [1.165, 1.54) is 11.8 Å². The number of hydrogen-bond donors (Lipinski definition) is 2. The van der Waals surface area contributed by atoms with Crippen LogP contribution in [0.1, 0.15) is 10.5 Å². The van der Waals surface area contributed by atoms with Gasteiger partial charge in [-0.3, -0.25) is 9.59 Å². The van der Waals surface area contributed by atoms with Gasteiger partial charge in [0, 0.05) is 0 Å². The number of carbonyl (C=O) groups is 1. The topological polar surface area (TPSA) is 88.8 Å². The third kappa shape index (κ3) is 2.10. The van der Waals surface area contributed by atoms with Crippen molar-refractivity contribution < 1.29 is 4.79 Å². The summed E-state index contributed by atoms with van der Waals surface area (Å²) in [6.07, 6.45) is 1.73. The zero-order chi connectivity index (χ0) is 10.0. The molecule has 1 rings (SSSR count). The fourth-order valence-corrected chi connectivity index (χ4v) is 1.46. The number of aromatic amines is 1. The van der Waals surface area contributed by atoms with Crippen molar-refractivity contribution in [3.05, 3.63) is 20.5 Å². The van der Waals surface area contributed by atoms with Crippen molar-refractivity contribution in [1.29, 1.82) is 0 Å². The average molecular weight is 264 g/mol. The standard InChI is InChI=1S/C6H6BrN3O2S/c1-13-6-9-3(4(8)11)2(7)5(12)10-6/h1H3,(H2,8,11)(H,9,10,12). The van der Waals surface area contributed by atoms with Crippen molar-refractivity contribution in [3.8, 4) is 0 Å². The number of H-pyrrole nitrogens is 1. The minimum atomic E-state index is -0.728. The molecule has 0 unspecified atom stereocenters. The van der Waals surface area contributed by atoms with Gasteiger partial charge in [-0.15, -0.1) is 0 Å². The zero-order valence-corrected chi connectivity index (χ0v) is 9.03. The largest absolute Gasteiger partial charge is 0.364 e. The summed E-state index contributed by atoms with van der Waals surface area (Å²) >= 11 is 4.16. The monoisotopic (exact) mass is 263 g/mol. The molecule has 3 N–H and O–H groups in total. The molecule has 70 valence electrons. The molecule has 0 spiro atoms. The van der Waals surface area contributed by atoms with Gasteiger partial charge in [0.05, 0.1) is 0 Å². The first-order chi connectivity index (χ1) is 6.06. The van der Waals surface area contributed by atoms with E-state index < -0.39 is 11.5 Å². The Bertz CT molecular complexity index is 403. The maximum Gasteiger partial charge on any atom is 0.268 e. The quantitative estimate of drug-likeness (QED) is 0.596. The number of rotatable bonds is 2. The molecule has 1 aromatic heterocycles. The molecule has 0 aliphatic rings. The van der Waals surface area contributed by atoms with E-state index in [1.54, 1.807) is 6.26 Å².